The number of nitrogens with zero attached hydrogens (tertiary/aromatic N) is 1. The maximum atomic E-state index is 14.0. The molecule has 0 atom stereocenters. The van der Waals surface area contributed by atoms with Crippen LogP contribution in [0.15, 0.2) is 65.7 Å². The number of likely N-dealkylation sites (tertiary alicyclic amines) is 1. The van der Waals surface area contributed by atoms with Gasteiger partial charge in [-0.3, -0.25) is 9.59 Å². The number of nitrogens with one attached hydrogen (secondary N) is 1. The van der Waals surface area contributed by atoms with Crippen molar-refractivity contribution < 1.29 is 27.2 Å². The van der Waals surface area contributed by atoms with Gasteiger partial charge in [-0.1, -0.05) is 12.1 Å². The largest absolute Gasteiger partial charge is 0.384 e. The van der Waals surface area contributed by atoms with Crippen LogP contribution in [0.25, 0.3) is 12.2 Å². The van der Waals surface area contributed by atoms with Gasteiger partial charge in [0.25, 0.3) is 0 Å². The van der Waals surface area contributed by atoms with Crippen molar-refractivity contribution in [2.24, 2.45) is 5.73 Å². The summed E-state index contributed by atoms with van der Waals surface area (Å²) in [5.74, 6) is -5.49. The van der Waals surface area contributed by atoms with Crippen molar-refractivity contribution in [2.75, 3.05) is 31.5 Å². The molecule has 1 heterocycles. The highest BCUT2D eigenvalue weighted by Gasteiger charge is 2.31. The monoisotopic (exact) mass is 577 g/mol. The highest BCUT2D eigenvalue weighted by atomic mass is 19.2. The van der Waals surface area contributed by atoms with Crippen LogP contribution in [0.4, 0.5) is 23.2 Å². The van der Waals surface area contributed by atoms with Crippen molar-refractivity contribution in [3.8, 4) is 0 Å². The average Bonchev–Trinajstić information content (AvgIpc) is 3.48. The molecule has 0 radical (unpaired) electrons. The van der Waals surface area contributed by atoms with Crippen LogP contribution >= 0.6 is 0 Å². The Balaban J connectivity index is 1.51. The molecule has 9 heteroatoms. The van der Waals surface area contributed by atoms with Crippen LogP contribution in [-0.2, 0) is 4.79 Å². The molecule has 0 aromatic heterocycles. The number of primary amides is 1. The Hall–Kier alpha value is -4.24. The molecule has 5 rings (SSSR count). The number of halogens is 4. The summed E-state index contributed by atoms with van der Waals surface area (Å²) in [4.78, 5) is 28.4. The van der Waals surface area contributed by atoms with E-state index < -0.39 is 35.1 Å². The fourth-order valence-electron chi connectivity index (χ4n) is 5.67. The molecular formula is C33H31F4N3O2. The van der Waals surface area contributed by atoms with Gasteiger partial charge in [0, 0.05) is 35.5 Å². The molecule has 3 aromatic rings. The number of amides is 1. The zero-order valence-corrected chi connectivity index (χ0v) is 22.9. The molecule has 1 aliphatic heterocycles. The molecule has 0 bridgehead atoms. The van der Waals surface area contributed by atoms with Crippen LogP contribution in [0.3, 0.4) is 0 Å². The predicted molar refractivity (Wildman–Crippen MR) is 155 cm³/mol. The maximum Gasteiger partial charge on any atom is 0.248 e. The number of hydrogen-bond donors (Lipinski definition) is 2. The Kier molecular flexibility index (Phi) is 8.87. The van der Waals surface area contributed by atoms with E-state index in [1.807, 2.05) is 6.07 Å². The van der Waals surface area contributed by atoms with Gasteiger partial charge in [-0.2, -0.15) is 0 Å². The van der Waals surface area contributed by atoms with Crippen molar-refractivity contribution in [2.45, 2.75) is 31.6 Å². The summed E-state index contributed by atoms with van der Waals surface area (Å²) in [6, 6.07) is 12.0. The molecule has 1 saturated carbocycles. The third-order valence-electron chi connectivity index (χ3n) is 7.80. The first-order valence-electron chi connectivity index (χ1n) is 13.9. The standard InChI is InChI=1S/C33H31F4N3O2/c34-28-7-3-20(15-30(28)36)13-23-17-22(18-24(32(23)41)14-21-4-8-29(35)31(37)16-21)27-19-25(5-6-26(27)33(38)42)39-9-12-40-10-1-2-11-40/h3-8,13-16,19,22,39H,1-2,9-12,17-18H2,(H2,38,42)/b23-13+,24-14+. The molecule has 218 valence electrons. The number of carbonyl (C=O) groups is 2. The Bertz CT molecular complexity index is 1500. The quantitative estimate of drug-likeness (QED) is 0.238. The number of allylic oxidation sites excluding steroid dienone is 2. The lowest BCUT2D eigenvalue weighted by molar-refractivity contribution is -0.113. The molecular weight excluding hydrogens is 546 g/mol. The second kappa shape index (κ2) is 12.7. The Morgan fingerprint density at radius 2 is 1.40 bits per heavy atom. The predicted octanol–water partition coefficient (Wildman–Crippen LogP) is 6.46. The molecule has 2 aliphatic rings. The van der Waals surface area contributed by atoms with E-state index in [2.05, 4.69) is 10.2 Å². The number of carbonyl (C=O) groups excluding carboxylic acids is 2. The van der Waals surface area contributed by atoms with E-state index >= 15 is 0 Å². The zero-order valence-electron chi connectivity index (χ0n) is 22.9. The van der Waals surface area contributed by atoms with Crippen molar-refractivity contribution in [1.82, 2.24) is 4.90 Å². The maximum absolute atomic E-state index is 14.0. The lowest BCUT2D eigenvalue weighted by Gasteiger charge is -2.28. The number of ketones is 1. The summed E-state index contributed by atoms with van der Waals surface area (Å²) in [6.45, 7) is 3.74. The van der Waals surface area contributed by atoms with Gasteiger partial charge in [0.2, 0.25) is 5.91 Å². The minimum absolute atomic E-state index is 0.199. The van der Waals surface area contributed by atoms with Gasteiger partial charge in [-0.15, -0.1) is 0 Å². The molecule has 1 aliphatic carbocycles. The zero-order chi connectivity index (χ0) is 29.8. The Morgan fingerprint density at radius 1 is 0.833 bits per heavy atom. The summed E-state index contributed by atoms with van der Waals surface area (Å²) in [5, 5.41) is 3.41. The van der Waals surface area contributed by atoms with E-state index in [1.165, 1.54) is 37.1 Å². The number of anilines is 1. The molecule has 3 N–H and O–H groups in total. The van der Waals surface area contributed by atoms with Crippen LogP contribution in [0.1, 0.15) is 58.6 Å². The van der Waals surface area contributed by atoms with Crippen LogP contribution in [0, 0.1) is 23.3 Å². The minimum Gasteiger partial charge on any atom is -0.384 e. The third-order valence-corrected chi connectivity index (χ3v) is 7.80. The molecule has 0 spiro atoms. The van der Waals surface area contributed by atoms with Gasteiger partial charge in [-0.25, -0.2) is 17.6 Å². The second-order valence-electron chi connectivity index (χ2n) is 10.8. The summed E-state index contributed by atoms with van der Waals surface area (Å²) >= 11 is 0. The summed E-state index contributed by atoms with van der Waals surface area (Å²) in [5.41, 5.74) is 8.65. The van der Waals surface area contributed by atoms with Crippen LogP contribution in [-0.4, -0.2) is 42.8 Å². The molecule has 1 saturated heterocycles. The first-order chi connectivity index (χ1) is 20.2. The molecule has 3 aromatic carbocycles. The highest BCUT2D eigenvalue weighted by molar-refractivity contribution is 6.14. The molecule has 5 nitrogen and oxygen atoms in total. The Labute approximate surface area is 241 Å². The first-order valence-corrected chi connectivity index (χ1v) is 13.9. The van der Waals surface area contributed by atoms with E-state index in [4.69, 9.17) is 5.73 Å². The third kappa shape index (κ3) is 6.79. The van der Waals surface area contributed by atoms with E-state index in [9.17, 15) is 27.2 Å². The molecule has 0 unspecified atom stereocenters. The van der Waals surface area contributed by atoms with Gasteiger partial charge in [0.05, 0.1) is 0 Å². The number of benzene rings is 3. The van der Waals surface area contributed by atoms with E-state index in [-0.39, 0.29) is 29.8 Å². The van der Waals surface area contributed by atoms with Crippen molar-refractivity contribution >= 4 is 29.5 Å². The summed E-state index contributed by atoms with van der Waals surface area (Å²) < 4.78 is 55.0. The second-order valence-corrected chi connectivity index (χ2v) is 10.8. The smallest absolute Gasteiger partial charge is 0.248 e. The SMILES string of the molecule is NC(=O)c1ccc(NCCN2CCCC2)cc1C1C/C(=C\c2ccc(F)c(F)c2)C(=O)/C(=C/c2ccc(F)c(F)c2)C1. The van der Waals surface area contributed by atoms with Crippen LogP contribution < -0.4 is 11.1 Å². The first kappa shape index (κ1) is 29.3. The molecule has 2 fully saturated rings. The van der Waals surface area contributed by atoms with Crippen molar-refractivity contribution in [1.29, 1.82) is 0 Å². The van der Waals surface area contributed by atoms with Gasteiger partial charge < -0.3 is 16.0 Å². The number of hydrogen-bond acceptors (Lipinski definition) is 4. The lowest BCUT2D eigenvalue weighted by atomic mass is 9.75. The van der Waals surface area contributed by atoms with Crippen LogP contribution in [0.2, 0.25) is 0 Å². The van der Waals surface area contributed by atoms with Crippen LogP contribution in [0.5, 0.6) is 0 Å². The minimum atomic E-state index is -1.05. The van der Waals surface area contributed by atoms with Gasteiger partial charge in [0.15, 0.2) is 29.1 Å². The number of Topliss-reactive ketones (excluding diaryl/α,β-unsaturated/α-hetero) is 1. The van der Waals surface area contributed by atoms with Crippen molar-refractivity contribution in [3.63, 3.8) is 0 Å². The van der Waals surface area contributed by atoms with E-state index in [1.54, 1.807) is 12.1 Å². The Morgan fingerprint density at radius 3 is 1.93 bits per heavy atom. The fourth-order valence-corrected chi connectivity index (χ4v) is 5.67. The highest BCUT2D eigenvalue weighted by Crippen LogP contribution is 2.40. The molecule has 1 amide bonds. The normalized spacial score (nSPS) is 19.5. The van der Waals surface area contributed by atoms with Gasteiger partial charge in [0.1, 0.15) is 0 Å². The fraction of sp³-hybridized carbons (Fsp3) is 0.273. The average molecular weight is 578 g/mol. The van der Waals surface area contributed by atoms with E-state index in [0.717, 1.165) is 49.6 Å². The number of rotatable bonds is 8. The van der Waals surface area contributed by atoms with Gasteiger partial charge >= 0.3 is 0 Å². The van der Waals surface area contributed by atoms with Crippen molar-refractivity contribution in [3.05, 3.63) is 111 Å². The topological polar surface area (TPSA) is 75.4 Å². The summed E-state index contributed by atoms with van der Waals surface area (Å²) in [6.07, 6.45) is 5.75. The number of nitrogens with two attached hydrogens (primary N) is 1. The lowest BCUT2D eigenvalue weighted by Crippen LogP contribution is -2.26. The van der Waals surface area contributed by atoms with Gasteiger partial charge in [-0.05, 0) is 116 Å². The summed E-state index contributed by atoms with van der Waals surface area (Å²) in [7, 11) is 0. The molecule has 42 heavy (non-hydrogen) atoms. The van der Waals surface area contributed by atoms with E-state index in [0.29, 0.717) is 28.8 Å².